The molecule has 0 spiro atoms. The molecule has 0 aliphatic rings. The van der Waals surface area contributed by atoms with Gasteiger partial charge in [0.1, 0.15) is 24.1 Å². The predicted octanol–water partition coefficient (Wildman–Crippen LogP) is 4.58. The highest BCUT2D eigenvalue weighted by Crippen LogP contribution is 2.20. The number of amides is 3. The largest absolute Gasteiger partial charge is 0.475 e. The van der Waals surface area contributed by atoms with Crippen LogP contribution in [0.25, 0.3) is 16.8 Å². The third-order valence-electron chi connectivity index (χ3n) is 8.57. The molecule has 2 aromatic carbocycles. The van der Waals surface area contributed by atoms with Crippen LogP contribution in [-0.4, -0.2) is 106 Å². The Bertz CT molecular complexity index is 2070. The van der Waals surface area contributed by atoms with E-state index in [0.29, 0.717) is 50.3 Å². The topological polar surface area (TPSA) is 200 Å². The second-order valence-corrected chi connectivity index (χ2v) is 15.0. The van der Waals surface area contributed by atoms with Gasteiger partial charge in [-0.1, -0.05) is 56.3 Å². The Hall–Kier alpha value is -5.84. The lowest BCUT2D eigenvalue weighted by Gasteiger charge is -2.28. The van der Waals surface area contributed by atoms with Crippen molar-refractivity contribution in [1.82, 2.24) is 35.3 Å². The summed E-state index contributed by atoms with van der Waals surface area (Å²) in [6, 6.07) is 20.6. The minimum Gasteiger partial charge on any atom is -0.475 e. The van der Waals surface area contributed by atoms with E-state index >= 15 is 0 Å². The minimum atomic E-state index is -1.65. The van der Waals surface area contributed by atoms with Gasteiger partial charge in [0.25, 0.3) is 5.91 Å². The molecule has 0 radical (unpaired) electrons. The van der Waals surface area contributed by atoms with Gasteiger partial charge in [-0.25, -0.2) is 14.8 Å². The molecule has 0 bridgehead atoms. The molecule has 5 rings (SSSR count). The van der Waals surface area contributed by atoms with Crippen LogP contribution in [0.1, 0.15) is 46.6 Å². The van der Waals surface area contributed by atoms with Crippen molar-refractivity contribution in [3.63, 3.8) is 0 Å². The molecule has 0 saturated carbocycles. The van der Waals surface area contributed by atoms with Gasteiger partial charge in [-0.3, -0.25) is 14.0 Å². The highest BCUT2D eigenvalue weighted by atomic mass is 16.6. The van der Waals surface area contributed by atoms with Gasteiger partial charge >= 0.3 is 6.09 Å². The van der Waals surface area contributed by atoms with Crippen molar-refractivity contribution in [1.29, 1.82) is 0 Å². The summed E-state index contributed by atoms with van der Waals surface area (Å²) in [5, 5.41) is 22.4. The summed E-state index contributed by atoms with van der Waals surface area (Å²) in [5.41, 5.74) is 2.65. The quantitative estimate of drug-likeness (QED) is 0.0649. The van der Waals surface area contributed by atoms with E-state index in [0.717, 1.165) is 22.3 Å². The SMILES string of the molecule is CC(C)C[C@H](NC(=O)[C@@H](O)[C@@H](Cc1ccccc1)NC(=O)OC(C)(C)C)C(=O)NCCOCCOCCOc1ccc(Nc2ccn3c(n2)nc2ccccc23)cn1. The Kier molecular flexibility index (Phi) is 15.7. The summed E-state index contributed by atoms with van der Waals surface area (Å²) in [6.07, 6.45) is 1.66. The third-order valence-corrected chi connectivity index (χ3v) is 8.57. The van der Waals surface area contributed by atoms with Crippen LogP contribution in [-0.2, 0) is 30.2 Å². The monoisotopic (exact) mass is 798 g/mol. The lowest BCUT2D eigenvalue weighted by atomic mass is 9.99. The first kappa shape index (κ1) is 43.3. The molecule has 3 aromatic heterocycles. The van der Waals surface area contributed by atoms with Crippen molar-refractivity contribution in [2.45, 2.75) is 71.2 Å². The molecule has 0 fully saturated rings. The summed E-state index contributed by atoms with van der Waals surface area (Å²) in [6.45, 7) is 10.7. The highest BCUT2D eigenvalue weighted by molar-refractivity contribution is 5.90. The van der Waals surface area contributed by atoms with Gasteiger partial charge in [0.05, 0.1) is 55.4 Å². The Morgan fingerprint density at radius 1 is 0.828 bits per heavy atom. The van der Waals surface area contributed by atoms with E-state index in [9.17, 15) is 19.5 Å². The number of carbonyl (C=O) groups excluding carboxylic acids is 3. The average Bonchev–Trinajstić information content (AvgIpc) is 3.55. The number of rotatable bonds is 21. The number of fused-ring (bicyclic) bond motifs is 3. The number of aliphatic hydroxyl groups excluding tert-OH is 1. The number of nitrogens with one attached hydrogen (secondary N) is 4. The Labute approximate surface area is 338 Å². The van der Waals surface area contributed by atoms with Crippen LogP contribution in [0, 0.1) is 5.92 Å². The Morgan fingerprint density at radius 3 is 2.28 bits per heavy atom. The molecule has 58 heavy (non-hydrogen) atoms. The van der Waals surface area contributed by atoms with Crippen molar-refractivity contribution >= 4 is 46.2 Å². The maximum Gasteiger partial charge on any atom is 0.407 e. The normalized spacial score (nSPS) is 13.2. The second-order valence-electron chi connectivity index (χ2n) is 15.0. The number of imidazole rings is 1. The van der Waals surface area contributed by atoms with Gasteiger partial charge in [-0.05, 0) is 69.4 Å². The molecule has 5 N–H and O–H groups in total. The van der Waals surface area contributed by atoms with E-state index < -0.39 is 41.7 Å². The zero-order chi connectivity index (χ0) is 41.5. The number of hydrogen-bond donors (Lipinski definition) is 5. The van der Waals surface area contributed by atoms with E-state index in [4.69, 9.17) is 18.9 Å². The summed E-state index contributed by atoms with van der Waals surface area (Å²) in [4.78, 5) is 52.5. The fourth-order valence-corrected chi connectivity index (χ4v) is 5.91. The van der Waals surface area contributed by atoms with Crippen LogP contribution in [0.15, 0.2) is 85.2 Å². The van der Waals surface area contributed by atoms with Crippen molar-refractivity contribution < 1.29 is 38.4 Å². The average molecular weight is 799 g/mol. The van der Waals surface area contributed by atoms with Crippen molar-refractivity contribution in [3.8, 4) is 5.88 Å². The number of alkyl carbamates (subject to hydrolysis) is 1. The molecule has 3 heterocycles. The fourth-order valence-electron chi connectivity index (χ4n) is 5.91. The van der Waals surface area contributed by atoms with Gasteiger partial charge in [-0.15, -0.1) is 0 Å². The van der Waals surface area contributed by atoms with Crippen molar-refractivity contribution in [2.75, 3.05) is 44.9 Å². The van der Waals surface area contributed by atoms with E-state index in [2.05, 4.69) is 36.2 Å². The second kappa shape index (κ2) is 21.1. The standard InChI is InChI=1S/C42H54N8O8/c1-28(2)25-33(46-39(53)37(51)32(26-29-11-7-6-8-12-29)48-41(54)58-42(3,4)5)38(52)43-18-20-55-21-22-56-23-24-57-36-16-15-30(27-44-36)45-35-17-19-50-34-14-10-9-13-31(34)47-40(50)49-35/h6-17,19,27-28,32-33,37,51H,18,20-26H2,1-5H3,(H,43,52)(H,46,53)(H,48,54)(H,45,47,49)/t32-,33+,37+/m1/s1. The molecule has 0 aliphatic carbocycles. The number of para-hydroxylation sites is 2. The number of aromatic nitrogens is 4. The predicted molar refractivity (Wildman–Crippen MR) is 219 cm³/mol. The lowest BCUT2D eigenvalue weighted by Crippen LogP contribution is -2.56. The molecule has 3 atom stereocenters. The molecule has 310 valence electrons. The summed E-state index contributed by atoms with van der Waals surface area (Å²) in [7, 11) is 0. The lowest BCUT2D eigenvalue weighted by molar-refractivity contribution is -0.135. The van der Waals surface area contributed by atoms with Crippen LogP contribution in [0.4, 0.5) is 16.3 Å². The molecular formula is C42H54N8O8. The smallest absolute Gasteiger partial charge is 0.407 e. The number of pyridine rings is 1. The molecule has 0 aliphatic heterocycles. The molecule has 0 saturated heterocycles. The maximum absolute atomic E-state index is 13.3. The minimum absolute atomic E-state index is 0.0616. The van der Waals surface area contributed by atoms with Gasteiger partial charge in [0.2, 0.25) is 17.6 Å². The summed E-state index contributed by atoms with van der Waals surface area (Å²) >= 11 is 0. The number of ether oxygens (including phenoxy) is 4. The molecule has 3 amide bonds. The van der Waals surface area contributed by atoms with Crippen LogP contribution in [0.2, 0.25) is 0 Å². The number of hydrogen-bond acceptors (Lipinski definition) is 12. The number of benzene rings is 2. The van der Waals surface area contributed by atoms with Gasteiger partial charge < -0.3 is 45.3 Å². The number of carbonyl (C=O) groups is 3. The van der Waals surface area contributed by atoms with E-state index in [1.54, 1.807) is 33.0 Å². The van der Waals surface area contributed by atoms with E-state index in [-0.39, 0.29) is 25.5 Å². The zero-order valence-electron chi connectivity index (χ0n) is 33.6. The highest BCUT2D eigenvalue weighted by Gasteiger charge is 2.32. The maximum atomic E-state index is 13.3. The Morgan fingerprint density at radius 2 is 1.55 bits per heavy atom. The van der Waals surface area contributed by atoms with Crippen LogP contribution < -0.4 is 26.0 Å². The van der Waals surface area contributed by atoms with Crippen LogP contribution in [0.3, 0.4) is 0 Å². The van der Waals surface area contributed by atoms with Gasteiger partial charge in [0, 0.05) is 18.8 Å². The van der Waals surface area contributed by atoms with Gasteiger partial charge in [0.15, 0.2) is 6.10 Å². The van der Waals surface area contributed by atoms with Gasteiger partial charge in [-0.2, -0.15) is 4.98 Å². The number of aliphatic hydroxyl groups is 1. The molecule has 0 unspecified atom stereocenters. The third kappa shape index (κ3) is 13.7. The summed E-state index contributed by atoms with van der Waals surface area (Å²) in [5.74, 6) is 0.564. The molecular weight excluding hydrogens is 745 g/mol. The van der Waals surface area contributed by atoms with Crippen molar-refractivity contribution in [3.05, 3.63) is 90.8 Å². The fraction of sp³-hybridized carbons (Fsp3) is 0.429. The first-order chi connectivity index (χ1) is 27.8. The first-order valence-electron chi connectivity index (χ1n) is 19.4. The molecule has 16 heteroatoms. The van der Waals surface area contributed by atoms with Crippen LogP contribution in [0.5, 0.6) is 5.88 Å². The first-order valence-corrected chi connectivity index (χ1v) is 19.4. The number of anilines is 2. The summed E-state index contributed by atoms with van der Waals surface area (Å²) < 4.78 is 24.2. The van der Waals surface area contributed by atoms with Crippen molar-refractivity contribution in [2.24, 2.45) is 5.92 Å². The van der Waals surface area contributed by atoms with E-state index in [1.165, 1.54) is 0 Å². The Balaban J connectivity index is 0.968. The van der Waals surface area contributed by atoms with Crippen LogP contribution >= 0.6 is 0 Å². The molecule has 5 aromatic rings. The molecule has 16 nitrogen and oxygen atoms in total. The van der Waals surface area contributed by atoms with E-state index in [1.807, 2.05) is 91.2 Å². The zero-order valence-corrected chi connectivity index (χ0v) is 33.6. The number of nitrogens with zero attached hydrogens (tertiary/aromatic N) is 4.